The van der Waals surface area contributed by atoms with Crippen LogP contribution in [0.4, 0.5) is 0 Å². The molecule has 1 aliphatic carbocycles. The molecule has 0 spiro atoms. The second kappa shape index (κ2) is 7.47. The number of Topliss-reactive ketones (excluding diaryl/α,β-unsaturated/α-hetero) is 1. The van der Waals surface area contributed by atoms with Gasteiger partial charge in [-0.1, -0.05) is 43.3 Å². The molecule has 4 heteroatoms. The van der Waals surface area contributed by atoms with Crippen LogP contribution in [0.15, 0.2) is 36.4 Å². The number of carbonyl (C=O) groups is 1. The maximum Gasteiger partial charge on any atom is 0.167 e. The van der Waals surface area contributed by atoms with Crippen LogP contribution in [0.1, 0.15) is 78.2 Å². The molecule has 0 fully saturated rings. The lowest BCUT2D eigenvalue weighted by atomic mass is 9.93. The SMILES string of the molecule is Cc1cc(CC(=O)c2ccc(CS(=O)(=O)C(C)(C)C)cc2)cc2c1C(C)CC2. The summed E-state index contributed by atoms with van der Waals surface area (Å²) < 4.78 is 23.9. The molecule has 0 aliphatic heterocycles. The molecule has 1 aliphatic rings. The third kappa shape index (κ3) is 4.22. The van der Waals surface area contributed by atoms with E-state index in [0.29, 0.717) is 23.5 Å². The Hall–Kier alpha value is -1.94. The molecule has 2 aromatic carbocycles. The maximum atomic E-state index is 12.7. The molecule has 28 heavy (non-hydrogen) atoms. The molecule has 150 valence electrons. The van der Waals surface area contributed by atoms with Crippen molar-refractivity contribution in [1.82, 2.24) is 0 Å². The van der Waals surface area contributed by atoms with Crippen molar-refractivity contribution in [2.45, 2.75) is 70.3 Å². The van der Waals surface area contributed by atoms with Crippen molar-refractivity contribution in [1.29, 1.82) is 0 Å². The molecule has 0 N–H and O–H groups in total. The van der Waals surface area contributed by atoms with Gasteiger partial charge in [-0.3, -0.25) is 4.79 Å². The molecule has 0 heterocycles. The molecule has 2 aromatic rings. The van der Waals surface area contributed by atoms with Crippen LogP contribution >= 0.6 is 0 Å². The highest BCUT2D eigenvalue weighted by molar-refractivity contribution is 7.91. The number of fused-ring (bicyclic) bond motifs is 1. The van der Waals surface area contributed by atoms with E-state index < -0.39 is 14.6 Å². The predicted octanol–water partition coefficient (Wildman–Crippen LogP) is 5.18. The van der Waals surface area contributed by atoms with Gasteiger partial charge in [-0.15, -0.1) is 0 Å². The Morgan fingerprint density at radius 1 is 1.07 bits per heavy atom. The molecule has 0 saturated heterocycles. The van der Waals surface area contributed by atoms with Crippen LogP contribution in [0.3, 0.4) is 0 Å². The fourth-order valence-corrected chi connectivity index (χ4v) is 5.06. The van der Waals surface area contributed by atoms with Gasteiger partial charge in [0.25, 0.3) is 0 Å². The predicted molar refractivity (Wildman–Crippen MR) is 115 cm³/mol. The average Bonchev–Trinajstić information content (AvgIpc) is 2.95. The summed E-state index contributed by atoms with van der Waals surface area (Å²) >= 11 is 0. The molecular formula is C24H30O3S. The highest BCUT2D eigenvalue weighted by Gasteiger charge is 2.29. The van der Waals surface area contributed by atoms with E-state index in [4.69, 9.17) is 0 Å². The molecule has 3 nitrogen and oxygen atoms in total. The monoisotopic (exact) mass is 398 g/mol. The van der Waals surface area contributed by atoms with Crippen LogP contribution in [0.2, 0.25) is 0 Å². The summed E-state index contributed by atoms with van der Waals surface area (Å²) in [6.45, 7) is 9.53. The molecule has 0 radical (unpaired) electrons. The molecular weight excluding hydrogens is 368 g/mol. The van der Waals surface area contributed by atoms with Gasteiger partial charge in [-0.25, -0.2) is 8.42 Å². The van der Waals surface area contributed by atoms with Crippen molar-refractivity contribution in [3.05, 3.63) is 69.8 Å². The van der Waals surface area contributed by atoms with Crippen molar-refractivity contribution in [2.75, 3.05) is 0 Å². The first kappa shape index (κ1) is 20.8. The Balaban J connectivity index is 1.73. The van der Waals surface area contributed by atoms with Gasteiger partial charge in [0, 0.05) is 12.0 Å². The minimum absolute atomic E-state index is 0.00677. The summed E-state index contributed by atoms with van der Waals surface area (Å²) in [6, 6.07) is 11.3. The number of benzene rings is 2. The second-order valence-corrected chi connectivity index (χ2v) is 11.8. The third-order valence-corrected chi connectivity index (χ3v) is 8.38. The minimum atomic E-state index is -3.23. The van der Waals surface area contributed by atoms with Gasteiger partial charge in [-0.2, -0.15) is 0 Å². The van der Waals surface area contributed by atoms with E-state index in [9.17, 15) is 13.2 Å². The van der Waals surface area contributed by atoms with Gasteiger partial charge >= 0.3 is 0 Å². The highest BCUT2D eigenvalue weighted by Crippen LogP contribution is 2.36. The molecule has 1 atom stereocenters. The smallest absolute Gasteiger partial charge is 0.167 e. The van der Waals surface area contributed by atoms with Gasteiger partial charge in [0.2, 0.25) is 0 Å². The van der Waals surface area contributed by atoms with E-state index in [1.807, 2.05) is 0 Å². The fraction of sp³-hybridized carbons (Fsp3) is 0.458. The van der Waals surface area contributed by atoms with Gasteiger partial charge in [0.1, 0.15) is 0 Å². The lowest BCUT2D eigenvalue weighted by Gasteiger charge is -2.19. The first-order valence-corrected chi connectivity index (χ1v) is 11.6. The fourth-order valence-electron chi connectivity index (χ4n) is 3.99. The van der Waals surface area contributed by atoms with Crippen LogP contribution < -0.4 is 0 Å². The number of ketones is 1. The largest absolute Gasteiger partial charge is 0.294 e. The lowest BCUT2D eigenvalue weighted by molar-refractivity contribution is 0.0993. The van der Waals surface area contributed by atoms with Crippen molar-refractivity contribution in [2.24, 2.45) is 0 Å². The van der Waals surface area contributed by atoms with E-state index in [2.05, 4.69) is 26.0 Å². The van der Waals surface area contributed by atoms with E-state index in [1.165, 1.54) is 23.1 Å². The van der Waals surface area contributed by atoms with E-state index >= 15 is 0 Å². The Morgan fingerprint density at radius 2 is 1.71 bits per heavy atom. The van der Waals surface area contributed by atoms with Crippen LogP contribution in [-0.4, -0.2) is 18.9 Å². The van der Waals surface area contributed by atoms with Crippen molar-refractivity contribution in [3.63, 3.8) is 0 Å². The zero-order chi connectivity index (χ0) is 20.7. The molecule has 0 saturated carbocycles. The summed E-state index contributed by atoms with van der Waals surface area (Å²) in [5.41, 5.74) is 6.54. The van der Waals surface area contributed by atoms with Crippen molar-refractivity contribution in [3.8, 4) is 0 Å². The van der Waals surface area contributed by atoms with Gasteiger partial charge < -0.3 is 0 Å². The standard InChI is InChI=1S/C24H30O3S/c1-16-6-9-21-13-19(12-17(2)23(16)21)14-22(25)20-10-7-18(8-11-20)15-28(26,27)24(3,4)5/h7-8,10-13,16H,6,9,14-15H2,1-5H3. The first-order valence-electron chi connectivity index (χ1n) is 9.94. The van der Waals surface area contributed by atoms with Crippen molar-refractivity contribution >= 4 is 15.6 Å². The van der Waals surface area contributed by atoms with Gasteiger partial charge in [-0.05, 0) is 74.3 Å². The second-order valence-electron chi connectivity index (χ2n) is 9.09. The van der Waals surface area contributed by atoms with Crippen LogP contribution in [0.5, 0.6) is 0 Å². The molecule has 0 aromatic heterocycles. The summed E-state index contributed by atoms with van der Waals surface area (Å²) in [7, 11) is -3.23. The van der Waals surface area contributed by atoms with Crippen LogP contribution in [0, 0.1) is 6.92 Å². The average molecular weight is 399 g/mol. The number of aryl methyl sites for hydroxylation is 2. The summed E-state index contributed by atoms with van der Waals surface area (Å²) in [5, 5.41) is 0. The number of hydrogen-bond donors (Lipinski definition) is 0. The Bertz CT molecular complexity index is 993. The van der Waals surface area contributed by atoms with Gasteiger partial charge in [0.15, 0.2) is 15.6 Å². The zero-order valence-corrected chi connectivity index (χ0v) is 18.3. The van der Waals surface area contributed by atoms with Crippen molar-refractivity contribution < 1.29 is 13.2 Å². The minimum Gasteiger partial charge on any atom is -0.294 e. The number of carbonyl (C=O) groups excluding carboxylic acids is 1. The topological polar surface area (TPSA) is 51.2 Å². The Kier molecular flexibility index (Phi) is 5.55. The molecule has 0 amide bonds. The lowest BCUT2D eigenvalue weighted by Crippen LogP contribution is -2.29. The maximum absolute atomic E-state index is 12.7. The summed E-state index contributed by atoms with van der Waals surface area (Å²) in [6.07, 6.45) is 2.66. The van der Waals surface area contributed by atoms with Gasteiger partial charge in [0.05, 0.1) is 10.5 Å². The third-order valence-electron chi connectivity index (χ3n) is 5.80. The Morgan fingerprint density at radius 3 is 2.32 bits per heavy atom. The normalized spacial score (nSPS) is 16.8. The number of sulfone groups is 1. The number of hydrogen-bond acceptors (Lipinski definition) is 3. The van der Waals surface area contributed by atoms with E-state index in [-0.39, 0.29) is 11.5 Å². The molecule has 3 rings (SSSR count). The highest BCUT2D eigenvalue weighted by atomic mass is 32.2. The number of rotatable bonds is 5. The molecule has 1 unspecified atom stereocenters. The quantitative estimate of drug-likeness (QED) is 0.652. The van der Waals surface area contributed by atoms with E-state index in [0.717, 1.165) is 12.0 Å². The van der Waals surface area contributed by atoms with E-state index in [1.54, 1.807) is 45.0 Å². The summed E-state index contributed by atoms with van der Waals surface area (Å²) in [5.74, 6) is 0.667. The Labute approximate surface area is 169 Å². The van der Waals surface area contributed by atoms with Crippen LogP contribution in [-0.2, 0) is 28.4 Å². The molecule has 0 bridgehead atoms. The zero-order valence-electron chi connectivity index (χ0n) is 17.5. The van der Waals surface area contributed by atoms with Crippen LogP contribution in [0.25, 0.3) is 0 Å². The first-order chi connectivity index (χ1) is 13.0. The summed E-state index contributed by atoms with van der Waals surface area (Å²) in [4.78, 5) is 12.7.